The van der Waals surface area contributed by atoms with Gasteiger partial charge < -0.3 is 10.4 Å². The number of anilines is 1. The van der Waals surface area contributed by atoms with E-state index in [1.165, 1.54) is 18.2 Å². The molecule has 0 saturated heterocycles. The van der Waals surface area contributed by atoms with Crippen LogP contribution in [-0.2, 0) is 4.79 Å². The Morgan fingerprint density at radius 2 is 1.95 bits per heavy atom. The quantitative estimate of drug-likeness (QED) is 0.652. The van der Waals surface area contributed by atoms with Gasteiger partial charge in [0.2, 0.25) is 0 Å². The largest absolute Gasteiger partial charge is 0.508 e. The van der Waals surface area contributed by atoms with E-state index in [-0.39, 0.29) is 16.3 Å². The average Bonchev–Trinajstić information content (AvgIpc) is 2.49. The number of nitrogens with zero attached hydrogens (tertiary/aromatic N) is 1. The monoisotopic (exact) mass is 332 g/mol. The van der Waals surface area contributed by atoms with Crippen molar-refractivity contribution in [2.45, 2.75) is 0 Å². The number of hydrogen-bond donors (Lipinski definition) is 2. The summed E-state index contributed by atoms with van der Waals surface area (Å²) in [5.41, 5.74) is 0.724. The summed E-state index contributed by atoms with van der Waals surface area (Å²) >= 11 is 11.9. The number of halogens is 2. The number of amides is 1. The Morgan fingerprint density at radius 1 is 1.23 bits per heavy atom. The molecule has 4 nitrogen and oxygen atoms in total. The second-order valence-electron chi connectivity index (χ2n) is 4.32. The van der Waals surface area contributed by atoms with Crippen molar-refractivity contribution in [3.63, 3.8) is 0 Å². The first-order chi connectivity index (χ1) is 10.5. The van der Waals surface area contributed by atoms with Gasteiger partial charge in [-0.25, -0.2) is 0 Å². The highest BCUT2D eigenvalue weighted by atomic mass is 35.5. The normalized spacial score (nSPS) is 10.9. The van der Waals surface area contributed by atoms with Crippen molar-refractivity contribution < 1.29 is 9.90 Å². The number of carbonyl (C=O) groups excluding carboxylic acids is 1. The highest BCUT2D eigenvalue weighted by Gasteiger charge is 2.12. The highest BCUT2D eigenvalue weighted by molar-refractivity contribution is 6.44. The molecule has 0 aliphatic heterocycles. The number of phenolic OH excluding ortho intramolecular Hbond substituents is 1. The maximum absolute atomic E-state index is 12.1. The Labute approximate surface area is 137 Å². The SMILES string of the molecule is N#CC(=Cc1cccc(O)c1)C(=O)Nc1cccc(Cl)c1Cl. The third kappa shape index (κ3) is 3.79. The molecule has 0 unspecified atom stereocenters. The minimum absolute atomic E-state index is 0.0457. The Kier molecular flexibility index (Phi) is 5.05. The van der Waals surface area contributed by atoms with Crippen molar-refractivity contribution in [1.82, 2.24) is 0 Å². The molecular formula is C16H10Cl2N2O2. The number of benzene rings is 2. The molecule has 0 spiro atoms. The standard InChI is InChI=1S/C16H10Cl2N2O2/c17-13-5-2-6-14(15(13)18)20-16(22)11(9-19)7-10-3-1-4-12(21)8-10/h1-8,21H,(H,20,22). The molecule has 2 N–H and O–H groups in total. The zero-order valence-electron chi connectivity index (χ0n) is 11.2. The molecule has 2 aromatic carbocycles. The van der Waals surface area contributed by atoms with Crippen LogP contribution in [0.4, 0.5) is 5.69 Å². The minimum Gasteiger partial charge on any atom is -0.508 e. The molecule has 2 aromatic rings. The minimum atomic E-state index is -0.616. The lowest BCUT2D eigenvalue weighted by molar-refractivity contribution is -0.112. The van der Waals surface area contributed by atoms with Crippen LogP contribution in [0.5, 0.6) is 5.75 Å². The molecule has 2 rings (SSSR count). The van der Waals surface area contributed by atoms with E-state index in [4.69, 9.17) is 28.5 Å². The number of phenols is 1. The average molecular weight is 333 g/mol. The first-order valence-electron chi connectivity index (χ1n) is 6.17. The summed E-state index contributed by atoms with van der Waals surface area (Å²) in [4.78, 5) is 12.1. The van der Waals surface area contributed by atoms with Crippen molar-refractivity contribution in [3.05, 3.63) is 63.6 Å². The van der Waals surface area contributed by atoms with Crippen molar-refractivity contribution >= 4 is 40.9 Å². The van der Waals surface area contributed by atoms with Gasteiger partial charge in [0.15, 0.2) is 0 Å². The van der Waals surface area contributed by atoms with Gasteiger partial charge >= 0.3 is 0 Å². The predicted octanol–water partition coefficient (Wildman–Crippen LogP) is 4.24. The molecule has 0 aliphatic carbocycles. The molecule has 0 aromatic heterocycles. The number of carbonyl (C=O) groups is 1. The first kappa shape index (κ1) is 15.9. The predicted molar refractivity (Wildman–Crippen MR) is 86.8 cm³/mol. The van der Waals surface area contributed by atoms with Gasteiger partial charge in [-0.15, -0.1) is 0 Å². The fourth-order valence-electron chi connectivity index (χ4n) is 1.72. The summed E-state index contributed by atoms with van der Waals surface area (Å²) in [7, 11) is 0. The van der Waals surface area contributed by atoms with Gasteiger partial charge in [-0.2, -0.15) is 5.26 Å². The molecule has 0 aliphatic rings. The lowest BCUT2D eigenvalue weighted by atomic mass is 10.1. The van der Waals surface area contributed by atoms with Crippen LogP contribution in [0.2, 0.25) is 10.0 Å². The van der Waals surface area contributed by atoms with Crippen molar-refractivity contribution in [2.75, 3.05) is 5.32 Å². The van der Waals surface area contributed by atoms with Crippen molar-refractivity contribution in [1.29, 1.82) is 5.26 Å². The molecule has 0 atom stereocenters. The lowest BCUT2D eigenvalue weighted by Gasteiger charge is -2.07. The Morgan fingerprint density at radius 3 is 2.64 bits per heavy atom. The highest BCUT2D eigenvalue weighted by Crippen LogP contribution is 2.29. The van der Waals surface area contributed by atoms with E-state index in [9.17, 15) is 9.90 Å². The van der Waals surface area contributed by atoms with E-state index in [1.807, 2.05) is 6.07 Å². The van der Waals surface area contributed by atoms with Crippen molar-refractivity contribution in [2.24, 2.45) is 0 Å². The van der Waals surface area contributed by atoms with Crippen LogP contribution >= 0.6 is 23.2 Å². The maximum atomic E-state index is 12.1. The van der Waals surface area contributed by atoms with Gasteiger partial charge in [0, 0.05) is 0 Å². The summed E-state index contributed by atoms with van der Waals surface area (Å²) in [5.74, 6) is -0.570. The van der Waals surface area contributed by atoms with Crippen molar-refractivity contribution in [3.8, 4) is 11.8 Å². The third-order valence-electron chi connectivity index (χ3n) is 2.75. The maximum Gasteiger partial charge on any atom is 0.266 e. The fraction of sp³-hybridized carbons (Fsp3) is 0. The molecule has 0 radical (unpaired) electrons. The van der Waals surface area contributed by atoms with E-state index >= 15 is 0 Å². The molecular weight excluding hydrogens is 323 g/mol. The smallest absolute Gasteiger partial charge is 0.266 e. The molecule has 22 heavy (non-hydrogen) atoms. The van der Waals surface area contributed by atoms with E-state index in [1.54, 1.807) is 30.3 Å². The second kappa shape index (κ2) is 6.99. The molecule has 0 fully saturated rings. The number of rotatable bonds is 3. The number of hydrogen-bond acceptors (Lipinski definition) is 3. The van der Waals surface area contributed by atoms with E-state index in [2.05, 4.69) is 5.32 Å². The van der Waals surface area contributed by atoms with Crippen LogP contribution in [0.1, 0.15) is 5.56 Å². The van der Waals surface area contributed by atoms with Gasteiger partial charge in [-0.05, 0) is 35.9 Å². The summed E-state index contributed by atoms with van der Waals surface area (Å²) in [6, 6.07) is 12.8. The van der Waals surface area contributed by atoms with E-state index < -0.39 is 5.91 Å². The third-order valence-corrected chi connectivity index (χ3v) is 3.56. The molecule has 0 saturated carbocycles. The Balaban J connectivity index is 2.26. The first-order valence-corrected chi connectivity index (χ1v) is 6.93. The van der Waals surface area contributed by atoms with Gasteiger partial charge in [-0.1, -0.05) is 41.4 Å². The number of nitrogens with one attached hydrogen (secondary N) is 1. The molecule has 6 heteroatoms. The van der Waals surface area contributed by atoms with Crippen LogP contribution in [0.25, 0.3) is 6.08 Å². The molecule has 1 amide bonds. The zero-order chi connectivity index (χ0) is 16.1. The Bertz CT molecular complexity index is 795. The lowest BCUT2D eigenvalue weighted by Crippen LogP contribution is -2.13. The molecule has 0 heterocycles. The Hall–Kier alpha value is -2.48. The summed E-state index contributed by atoms with van der Waals surface area (Å²) in [5, 5.41) is 21.6. The summed E-state index contributed by atoms with van der Waals surface area (Å²) < 4.78 is 0. The topological polar surface area (TPSA) is 73.1 Å². The van der Waals surface area contributed by atoms with Crippen LogP contribution < -0.4 is 5.32 Å². The van der Waals surface area contributed by atoms with Gasteiger partial charge in [-0.3, -0.25) is 4.79 Å². The fourth-order valence-corrected chi connectivity index (χ4v) is 2.07. The zero-order valence-corrected chi connectivity index (χ0v) is 12.7. The number of aromatic hydroxyl groups is 1. The number of nitriles is 1. The summed E-state index contributed by atoms with van der Waals surface area (Å²) in [6.07, 6.45) is 1.37. The van der Waals surface area contributed by atoms with E-state index in [0.29, 0.717) is 16.3 Å². The second-order valence-corrected chi connectivity index (χ2v) is 5.11. The van der Waals surface area contributed by atoms with Crippen LogP contribution in [0.3, 0.4) is 0 Å². The van der Waals surface area contributed by atoms with Gasteiger partial charge in [0.25, 0.3) is 5.91 Å². The van der Waals surface area contributed by atoms with Crippen LogP contribution in [-0.4, -0.2) is 11.0 Å². The van der Waals surface area contributed by atoms with Gasteiger partial charge in [0.1, 0.15) is 17.4 Å². The van der Waals surface area contributed by atoms with Gasteiger partial charge in [0.05, 0.1) is 15.7 Å². The summed E-state index contributed by atoms with van der Waals surface area (Å²) in [6.45, 7) is 0. The van der Waals surface area contributed by atoms with Crippen LogP contribution in [0, 0.1) is 11.3 Å². The molecule has 110 valence electrons. The van der Waals surface area contributed by atoms with E-state index in [0.717, 1.165) is 0 Å². The molecule has 0 bridgehead atoms. The van der Waals surface area contributed by atoms with Crippen LogP contribution in [0.15, 0.2) is 48.0 Å².